The predicted molar refractivity (Wildman–Crippen MR) is 35.5 cm³/mol. The Bertz CT molecular complexity index is 131. The van der Waals surface area contributed by atoms with Gasteiger partial charge in [-0.15, -0.1) is 0 Å². The van der Waals surface area contributed by atoms with E-state index in [1.165, 1.54) is 0 Å². The highest BCUT2D eigenvalue weighted by Gasteiger charge is 2.27. The largest absolute Gasteiger partial charge is 0.461 e. The second kappa shape index (κ2) is 3.01. The molecule has 1 fully saturated rings. The highest BCUT2D eigenvalue weighted by molar-refractivity contribution is 5.75. The smallest absolute Gasteiger partial charge is 0.335 e. The first-order chi connectivity index (χ1) is 4.72. The topological polar surface area (TPSA) is 35.5 Å². The van der Waals surface area contributed by atoms with Crippen molar-refractivity contribution in [2.24, 2.45) is 5.92 Å². The Morgan fingerprint density at radius 3 is 2.60 bits per heavy atom. The molecule has 0 aromatic rings. The van der Waals surface area contributed by atoms with Crippen molar-refractivity contribution in [2.75, 3.05) is 13.2 Å². The van der Waals surface area contributed by atoms with Crippen LogP contribution in [0, 0.1) is 5.92 Å². The summed E-state index contributed by atoms with van der Waals surface area (Å²) >= 11 is 0. The fourth-order valence-corrected chi connectivity index (χ4v) is 0.932. The van der Waals surface area contributed by atoms with Crippen LogP contribution in [0.15, 0.2) is 0 Å². The van der Waals surface area contributed by atoms with Gasteiger partial charge in [-0.1, -0.05) is 13.8 Å². The van der Waals surface area contributed by atoms with Crippen molar-refractivity contribution < 1.29 is 14.3 Å². The minimum atomic E-state index is -0.339. The van der Waals surface area contributed by atoms with E-state index in [9.17, 15) is 4.79 Å². The van der Waals surface area contributed by atoms with E-state index in [4.69, 9.17) is 9.47 Å². The van der Waals surface area contributed by atoms with Gasteiger partial charge in [0.1, 0.15) is 6.61 Å². The molecule has 1 heterocycles. The van der Waals surface area contributed by atoms with Crippen molar-refractivity contribution in [3.05, 3.63) is 0 Å². The van der Waals surface area contributed by atoms with Gasteiger partial charge in [-0.25, -0.2) is 4.79 Å². The minimum Gasteiger partial charge on any atom is -0.461 e. The molecule has 0 saturated carbocycles. The van der Waals surface area contributed by atoms with Gasteiger partial charge in [0, 0.05) is 0 Å². The number of hydrogen-bond acceptors (Lipinski definition) is 3. The molecule has 3 heteroatoms. The number of carbonyl (C=O) groups is 1. The first-order valence-corrected chi connectivity index (χ1v) is 3.50. The number of hydrogen-bond donors (Lipinski definition) is 0. The van der Waals surface area contributed by atoms with Gasteiger partial charge in [-0.3, -0.25) is 0 Å². The van der Waals surface area contributed by atoms with E-state index in [2.05, 4.69) is 0 Å². The molecule has 1 rings (SSSR count). The lowest BCUT2D eigenvalue weighted by molar-refractivity contribution is -0.175. The van der Waals surface area contributed by atoms with Crippen LogP contribution in [0.2, 0.25) is 0 Å². The summed E-state index contributed by atoms with van der Waals surface area (Å²) in [5, 5.41) is 0. The lowest BCUT2D eigenvalue weighted by Crippen LogP contribution is -2.37. The molecule has 3 nitrogen and oxygen atoms in total. The normalized spacial score (nSPS) is 26.7. The average molecular weight is 144 g/mol. The third-order valence-corrected chi connectivity index (χ3v) is 1.46. The Morgan fingerprint density at radius 1 is 1.50 bits per heavy atom. The molecule has 0 bridgehead atoms. The molecule has 0 spiro atoms. The van der Waals surface area contributed by atoms with Crippen LogP contribution < -0.4 is 0 Å². The quantitative estimate of drug-likeness (QED) is 0.505. The molecule has 0 aromatic heterocycles. The van der Waals surface area contributed by atoms with Crippen LogP contribution in [0.25, 0.3) is 0 Å². The third kappa shape index (κ3) is 1.48. The zero-order valence-electron chi connectivity index (χ0n) is 6.29. The van der Waals surface area contributed by atoms with Gasteiger partial charge in [0.2, 0.25) is 0 Å². The van der Waals surface area contributed by atoms with E-state index in [-0.39, 0.29) is 18.0 Å². The summed E-state index contributed by atoms with van der Waals surface area (Å²) in [6, 6.07) is 0. The molecule has 10 heavy (non-hydrogen) atoms. The standard InChI is InChI=1S/C7H12O3/c1-5(2)6-7(8)10-4-3-9-6/h5-6H,3-4H2,1-2H3. The first-order valence-electron chi connectivity index (χ1n) is 3.50. The molecule has 0 radical (unpaired) electrons. The summed E-state index contributed by atoms with van der Waals surface area (Å²) in [5.41, 5.74) is 0. The van der Waals surface area contributed by atoms with Crippen LogP contribution in [0.4, 0.5) is 0 Å². The van der Waals surface area contributed by atoms with Gasteiger partial charge in [0.05, 0.1) is 6.61 Å². The third-order valence-electron chi connectivity index (χ3n) is 1.46. The molecule has 1 aliphatic heterocycles. The van der Waals surface area contributed by atoms with Crippen LogP contribution in [-0.4, -0.2) is 25.3 Å². The number of rotatable bonds is 1. The van der Waals surface area contributed by atoms with Gasteiger partial charge in [0.15, 0.2) is 6.10 Å². The SMILES string of the molecule is CC(C)C1OCCOC1=O. The second-order valence-corrected chi connectivity index (χ2v) is 2.70. The van der Waals surface area contributed by atoms with E-state index in [1.54, 1.807) is 0 Å². The molecule has 1 aliphatic rings. The Balaban J connectivity index is 2.48. The van der Waals surface area contributed by atoms with Gasteiger partial charge in [-0.05, 0) is 5.92 Å². The number of carbonyl (C=O) groups excluding carboxylic acids is 1. The van der Waals surface area contributed by atoms with Crippen LogP contribution >= 0.6 is 0 Å². The zero-order valence-corrected chi connectivity index (χ0v) is 6.29. The summed E-state index contributed by atoms with van der Waals surface area (Å²) in [7, 11) is 0. The van der Waals surface area contributed by atoms with Crippen molar-refractivity contribution in [3.8, 4) is 0 Å². The number of cyclic esters (lactones) is 1. The highest BCUT2D eigenvalue weighted by Crippen LogP contribution is 2.11. The lowest BCUT2D eigenvalue weighted by Gasteiger charge is -2.24. The molecule has 58 valence electrons. The van der Waals surface area contributed by atoms with E-state index < -0.39 is 0 Å². The zero-order chi connectivity index (χ0) is 7.56. The van der Waals surface area contributed by atoms with Crippen molar-refractivity contribution in [3.63, 3.8) is 0 Å². The fourth-order valence-electron chi connectivity index (χ4n) is 0.932. The van der Waals surface area contributed by atoms with Crippen LogP contribution in [0.5, 0.6) is 0 Å². The van der Waals surface area contributed by atoms with Crippen molar-refractivity contribution in [1.82, 2.24) is 0 Å². The van der Waals surface area contributed by atoms with Crippen LogP contribution in [-0.2, 0) is 14.3 Å². The number of esters is 1. The van der Waals surface area contributed by atoms with Gasteiger partial charge in [-0.2, -0.15) is 0 Å². The molecule has 1 saturated heterocycles. The molecule has 0 amide bonds. The van der Waals surface area contributed by atoms with Crippen molar-refractivity contribution in [2.45, 2.75) is 20.0 Å². The van der Waals surface area contributed by atoms with E-state index in [0.717, 1.165) is 0 Å². The molecule has 0 aromatic carbocycles. The molecular weight excluding hydrogens is 132 g/mol. The minimum absolute atomic E-state index is 0.216. The summed E-state index contributed by atoms with van der Waals surface area (Å²) in [4.78, 5) is 10.9. The molecular formula is C7H12O3. The highest BCUT2D eigenvalue weighted by atomic mass is 16.6. The monoisotopic (exact) mass is 144 g/mol. The molecule has 1 atom stereocenters. The van der Waals surface area contributed by atoms with Gasteiger partial charge >= 0.3 is 5.97 Å². The summed E-state index contributed by atoms with van der Waals surface area (Å²) in [5.74, 6) is -0.00551. The van der Waals surface area contributed by atoms with Gasteiger partial charge in [0.25, 0.3) is 0 Å². The molecule has 0 N–H and O–H groups in total. The van der Waals surface area contributed by atoms with Crippen molar-refractivity contribution >= 4 is 5.97 Å². The Hall–Kier alpha value is -0.570. The maximum atomic E-state index is 10.9. The van der Waals surface area contributed by atoms with Crippen LogP contribution in [0.1, 0.15) is 13.8 Å². The fraction of sp³-hybridized carbons (Fsp3) is 0.857. The summed E-state index contributed by atoms with van der Waals surface area (Å²) < 4.78 is 9.96. The Morgan fingerprint density at radius 2 is 2.20 bits per heavy atom. The lowest BCUT2D eigenvalue weighted by atomic mass is 10.1. The molecule has 1 unspecified atom stereocenters. The first kappa shape index (κ1) is 7.54. The Kier molecular flexibility index (Phi) is 2.27. The summed E-state index contributed by atoms with van der Waals surface area (Å²) in [6.07, 6.45) is -0.339. The number of ether oxygens (including phenoxy) is 2. The van der Waals surface area contributed by atoms with Gasteiger partial charge < -0.3 is 9.47 Å². The molecule has 0 aliphatic carbocycles. The van der Waals surface area contributed by atoms with Crippen LogP contribution in [0.3, 0.4) is 0 Å². The second-order valence-electron chi connectivity index (χ2n) is 2.70. The maximum Gasteiger partial charge on any atom is 0.335 e. The van der Waals surface area contributed by atoms with Crippen molar-refractivity contribution in [1.29, 1.82) is 0 Å². The summed E-state index contributed by atoms with van der Waals surface area (Å²) in [6.45, 7) is 4.82. The Labute approximate surface area is 60.3 Å². The maximum absolute atomic E-state index is 10.9. The average Bonchev–Trinajstić information content (AvgIpc) is 1.88. The van der Waals surface area contributed by atoms with E-state index in [0.29, 0.717) is 13.2 Å². The predicted octanol–water partition coefficient (Wildman–Crippen LogP) is 0.584. The van der Waals surface area contributed by atoms with E-state index >= 15 is 0 Å². The van der Waals surface area contributed by atoms with E-state index in [1.807, 2.05) is 13.8 Å².